The Balaban J connectivity index is 1.14. The van der Waals surface area contributed by atoms with Crippen molar-refractivity contribution in [1.82, 2.24) is 0 Å². The molecule has 0 N–H and O–H groups in total. The van der Waals surface area contributed by atoms with E-state index in [0.717, 1.165) is 16.7 Å². The molecule has 13 rings (SSSR count). The molecule has 0 heteroatoms. The molecule has 336 valence electrons. The van der Waals surface area contributed by atoms with Crippen LogP contribution in [0, 0.1) is 0 Å². The van der Waals surface area contributed by atoms with Gasteiger partial charge in [0.15, 0.2) is 0 Å². The maximum Gasteiger partial charge on any atom is -0.00930 e. The Morgan fingerprint density at radius 3 is 0.542 bits per heavy atom. The van der Waals surface area contributed by atoms with Crippen LogP contribution in [0.3, 0.4) is 0 Å². The molecule has 0 aliphatic rings. The molecule has 0 heterocycles. The Hall–Kier alpha value is -9.36. The van der Waals surface area contributed by atoms with E-state index < -0.39 is 0 Å². The summed E-state index contributed by atoms with van der Waals surface area (Å²) in [5, 5.41) is 14.6. The minimum atomic E-state index is 1.11. The highest BCUT2D eigenvalue weighted by Gasteiger charge is 2.18. The third-order valence-electron chi connectivity index (χ3n) is 14.4. The standard InChI is InChI=1S/C72H48/c1-7-31-58-52(19-1)25-13-37-64(58)70(65-38-14-26-53-20-2-8-32-59(53)65)46-49-43-50(47-71(66-39-15-27-54-21-3-9-33-60(54)66)67-40-16-28-55-22-4-10-34-61(55)67)45-51(44-49)48-72(68-41-17-29-56-23-5-11-35-62(56)68)69-42-18-30-57-24-6-12-36-63(57)69/h1-48H. The predicted octanol–water partition coefficient (Wildman–Crippen LogP) is 19.4. The topological polar surface area (TPSA) is 0 Å². The molecule has 0 nitrogen and oxygen atoms in total. The largest absolute Gasteiger partial charge is 0.0616 e. The van der Waals surface area contributed by atoms with Crippen LogP contribution in [0.2, 0.25) is 0 Å². The fraction of sp³-hybridized carbons (Fsp3) is 0. The fourth-order valence-corrected chi connectivity index (χ4v) is 11.1. The second-order valence-corrected chi connectivity index (χ2v) is 18.8. The Morgan fingerprint density at radius 2 is 0.347 bits per heavy atom. The lowest BCUT2D eigenvalue weighted by atomic mass is 9.86. The second kappa shape index (κ2) is 18.5. The molecule has 0 aliphatic carbocycles. The van der Waals surface area contributed by atoms with Crippen molar-refractivity contribution >= 4 is 99.6 Å². The van der Waals surface area contributed by atoms with Gasteiger partial charge in [-0.1, -0.05) is 255 Å². The smallest absolute Gasteiger partial charge is 0.00930 e. The molecule has 0 aromatic heterocycles. The normalized spacial score (nSPS) is 11.3. The average molecular weight is 913 g/mol. The van der Waals surface area contributed by atoms with E-state index in [9.17, 15) is 0 Å². The van der Waals surface area contributed by atoms with Gasteiger partial charge >= 0.3 is 0 Å². The number of hydrogen-bond acceptors (Lipinski definition) is 0. The zero-order valence-corrected chi connectivity index (χ0v) is 39.7. The van der Waals surface area contributed by atoms with E-state index in [2.05, 4.69) is 291 Å². The highest BCUT2D eigenvalue weighted by atomic mass is 14.2. The van der Waals surface area contributed by atoms with Crippen molar-refractivity contribution in [3.63, 3.8) is 0 Å². The summed E-state index contributed by atoms with van der Waals surface area (Å²) < 4.78 is 0. The maximum absolute atomic E-state index is 2.43. The Kier molecular flexibility index (Phi) is 11.0. The number of fused-ring (bicyclic) bond motifs is 6. The van der Waals surface area contributed by atoms with Crippen LogP contribution in [0.15, 0.2) is 273 Å². The van der Waals surface area contributed by atoms with E-state index in [0.29, 0.717) is 0 Å². The van der Waals surface area contributed by atoms with Crippen molar-refractivity contribution in [3.05, 3.63) is 323 Å². The summed E-state index contributed by atoms with van der Waals surface area (Å²) in [6, 6.07) is 100. The summed E-state index contributed by atoms with van der Waals surface area (Å²) >= 11 is 0. The summed E-state index contributed by atoms with van der Waals surface area (Å²) in [4.78, 5) is 0. The first kappa shape index (κ1) is 42.7. The maximum atomic E-state index is 2.43. The van der Waals surface area contributed by atoms with E-state index in [-0.39, 0.29) is 0 Å². The highest BCUT2D eigenvalue weighted by Crippen LogP contribution is 2.40. The monoisotopic (exact) mass is 912 g/mol. The molecule has 13 aromatic carbocycles. The molecule has 0 aliphatic heterocycles. The van der Waals surface area contributed by atoms with Crippen LogP contribution in [0.25, 0.3) is 99.6 Å². The van der Waals surface area contributed by atoms with Crippen molar-refractivity contribution in [2.75, 3.05) is 0 Å². The van der Waals surface area contributed by atoms with E-state index in [1.807, 2.05) is 0 Å². The molecule has 0 bridgehead atoms. The van der Waals surface area contributed by atoms with Gasteiger partial charge in [-0.15, -0.1) is 0 Å². The van der Waals surface area contributed by atoms with Crippen molar-refractivity contribution in [2.45, 2.75) is 0 Å². The van der Waals surface area contributed by atoms with Crippen LogP contribution in [0.4, 0.5) is 0 Å². The van der Waals surface area contributed by atoms with Gasteiger partial charge in [0, 0.05) is 0 Å². The van der Waals surface area contributed by atoms with E-state index in [1.165, 1.54) is 115 Å². The first-order valence-corrected chi connectivity index (χ1v) is 24.9. The first-order chi connectivity index (χ1) is 35.7. The molecule has 0 amide bonds. The SMILES string of the molecule is C(=C(c1cccc2ccccc12)c1cccc2ccccc12)c1cc(C=C(c2cccc3ccccc23)c2cccc3ccccc23)cc(C=C(c2cccc3ccccc23)c2cccc3ccccc23)c1. The lowest BCUT2D eigenvalue weighted by Gasteiger charge is -2.17. The summed E-state index contributed by atoms with van der Waals surface area (Å²) in [6.45, 7) is 0. The van der Waals surface area contributed by atoms with Gasteiger partial charge in [-0.2, -0.15) is 0 Å². The molecule has 0 radical (unpaired) electrons. The highest BCUT2D eigenvalue weighted by molar-refractivity contribution is 6.12. The lowest BCUT2D eigenvalue weighted by molar-refractivity contribution is 1.55. The van der Waals surface area contributed by atoms with Gasteiger partial charge in [0.05, 0.1) is 0 Å². The van der Waals surface area contributed by atoms with Crippen LogP contribution >= 0.6 is 0 Å². The van der Waals surface area contributed by atoms with Gasteiger partial charge in [-0.25, -0.2) is 0 Å². The number of benzene rings is 13. The van der Waals surface area contributed by atoms with Gasteiger partial charge in [0.2, 0.25) is 0 Å². The van der Waals surface area contributed by atoms with E-state index in [1.54, 1.807) is 0 Å². The molecule has 0 saturated heterocycles. The van der Waals surface area contributed by atoms with Gasteiger partial charge < -0.3 is 0 Å². The minimum absolute atomic E-state index is 1.11. The van der Waals surface area contributed by atoms with Crippen molar-refractivity contribution in [1.29, 1.82) is 0 Å². The van der Waals surface area contributed by atoms with Crippen LogP contribution in [0.5, 0.6) is 0 Å². The zero-order valence-electron chi connectivity index (χ0n) is 39.7. The Labute approximate surface area is 420 Å². The number of rotatable bonds is 9. The van der Waals surface area contributed by atoms with E-state index >= 15 is 0 Å². The van der Waals surface area contributed by atoms with Crippen LogP contribution < -0.4 is 0 Å². The van der Waals surface area contributed by atoms with Gasteiger partial charge in [-0.05, 0) is 168 Å². The first-order valence-electron chi connectivity index (χ1n) is 24.9. The molecule has 72 heavy (non-hydrogen) atoms. The summed E-state index contributed by atoms with van der Waals surface area (Å²) in [5.74, 6) is 0. The van der Waals surface area contributed by atoms with Crippen molar-refractivity contribution in [2.24, 2.45) is 0 Å². The van der Waals surface area contributed by atoms with Gasteiger partial charge in [0.1, 0.15) is 0 Å². The molecule has 0 saturated carbocycles. The van der Waals surface area contributed by atoms with E-state index in [4.69, 9.17) is 0 Å². The molecular formula is C72H48. The average Bonchev–Trinajstić information content (AvgIpc) is 3.44. The molecular weight excluding hydrogens is 865 g/mol. The third kappa shape index (κ3) is 7.96. The van der Waals surface area contributed by atoms with Gasteiger partial charge in [-0.3, -0.25) is 0 Å². The molecule has 0 unspecified atom stereocenters. The lowest BCUT2D eigenvalue weighted by Crippen LogP contribution is -1.95. The predicted molar refractivity (Wildman–Crippen MR) is 311 cm³/mol. The van der Waals surface area contributed by atoms with Crippen LogP contribution in [-0.4, -0.2) is 0 Å². The van der Waals surface area contributed by atoms with Crippen LogP contribution in [0.1, 0.15) is 50.1 Å². The summed E-state index contributed by atoms with van der Waals surface area (Å²) in [6.07, 6.45) is 7.30. The zero-order chi connectivity index (χ0) is 47.8. The number of hydrogen-bond donors (Lipinski definition) is 0. The van der Waals surface area contributed by atoms with Crippen molar-refractivity contribution in [3.8, 4) is 0 Å². The molecule has 0 fully saturated rings. The van der Waals surface area contributed by atoms with Gasteiger partial charge in [0.25, 0.3) is 0 Å². The summed E-state index contributed by atoms with van der Waals surface area (Å²) in [5.41, 5.74) is 14.0. The van der Waals surface area contributed by atoms with Crippen LogP contribution in [-0.2, 0) is 0 Å². The van der Waals surface area contributed by atoms with Crippen molar-refractivity contribution < 1.29 is 0 Å². The Morgan fingerprint density at radius 1 is 0.181 bits per heavy atom. The quantitative estimate of drug-likeness (QED) is 0.127. The Bertz CT molecular complexity index is 3600. The third-order valence-corrected chi connectivity index (χ3v) is 14.4. The molecule has 13 aromatic rings. The molecule has 0 spiro atoms. The minimum Gasteiger partial charge on any atom is -0.0616 e. The summed E-state index contributed by atoms with van der Waals surface area (Å²) in [7, 11) is 0. The second-order valence-electron chi connectivity index (χ2n) is 18.8. The molecule has 0 atom stereocenters. The fourth-order valence-electron chi connectivity index (χ4n) is 11.1.